The highest BCUT2D eigenvalue weighted by Crippen LogP contribution is 2.37. The first-order chi connectivity index (χ1) is 23.1. The van der Waals surface area contributed by atoms with E-state index in [0.717, 1.165) is 39.8 Å². The molecule has 0 amide bonds. The number of benzene rings is 3. The number of carbonyl (C=O) groups is 1. The Bertz CT molecular complexity index is 2050. The molecule has 0 bridgehead atoms. The smallest absolute Gasteiger partial charge is 0.158 e. The van der Waals surface area contributed by atoms with Crippen LogP contribution in [0.2, 0.25) is 0 Å². The van der Waals surface area contributed by atoms with Crippen LogP contribution in [0.3, 0.4) is 0 Å². The lowest BCUT2D eigenvalue weighted by Crippen LogP contribution is -2.17. The number of nitrogens with two attached hydrogens (primary N) is 1. The summed E-state index contributed by atoms with van der Waals surface area (Å²) < 4.78 is 33.6. The molecule has 48 heavy (non-hydrogen) atoms. The van der Waals surface area contributed by atoms with Gasteiger partial charge >= 0.3 is 0 Å². The number of carbonyl (C=O) groups excluding carboxylic acids is 1. The van der Waals surface area contributed by atoms with Crippen LogP contribution in [0.15, 0.2) is 114 Å². The zero-order valence-corrected chi connectivity index (χ0v) is 26.6. The third-order valence-electron chi connectivity index (χ3n) is 8.80. The summed E-state index contributed by atoms with van der Waals surface area (Å²) >= 11 is 0. The van der Waals surface area contributed by atoms with Crippen LogP contribution in [0.5, 0.6) is 0 Å². The van der Waals surface area contributed by atoms with Crippen LogP contribution in [0.4, 0.5) is 14.6 Å². The second kappa shape index (κ2) is 14.1. The van der Waals surface area contributed by atoms with Crippen molar-refractivity contribution in [1.29, 1.82) is 0 Å². The number of nitrogen functional groups attached to an aromatic ring is 1. The van der Waals surface area contributed by atoms with Gasteiger partial charge in [-0.15, -0.1) is 0 Å². The van der Waals surface area contributed by atoms with Gasteiger partial charge in [-0.1, -0.05) is 44.2 Å². The number of anilines is 1. The minimum absolute atomic E-state index is 0.0378. The molecule has 6 rings (SSSR count). The molecule has 3 aromatic carbocycles. The number of nitrogens with zero attached hydrogens (tertiary/aromatic N) is 2. The van der Waals surface area contributed by atoms with Crippen LogP contribution in [0, 0.1) is 23.5 Å². The fraction of sp³-hybridized carbons (Fsp3) is 0.175. The number of aliphatic hydroxyl groups is 1. The fourth-order valence-corrected chi connectivity index (χ4v) is 5.64. The molecule has 0 saturated carbocycles. The van der Waals surface area contributed by atoms with Gasteiger partial charge in [-0.05, 0) is 102 Å². The Hall–Kier alpha value is -5.47. The maximum absolute atomic E-state index is 13.8. The van der Waals surface area contributed by atoms with Gasteiger partial charge in [0.1, 0.15) is 34.9 Å². The minimum atomic E-state index is -0.946. The lowest BCUT2D eigenvalue weighted by molar-refractivity contribution is -0.119. The molecule has 3 N–H and O–H groups in total. The number of hydrogen-bond acceptors (Lipinski definition) is 6. The molecule has 0 spiro atoms. The van der Waals surface area contributed by atoms with Gasteiger partial charge in [-0.3, -0.25) is 9.78 Å². The van der Waals surface area contributed by atoms with Crippen molar-refractivity contribution in [3.05, 3.63) is 144 Å². The molecule has 3 heterocycles. The van der Waals surface area contributed by atoms with Gasteiger partial charge in [0.15, 0.2) is 5.78 Å². The third-order valence-corrected chi connectivity index (χ3v) is 8.80. The number of fused-ring (bicyclic) bond motifs is 1. The molecule has 0 fully saturated rings. The van der Waals surface area contributed by atoms with Crippen LogP contribution in [0.1, 0.15) is 48.8 Å². The van der Waals surface area contributed by atoms with Crippen LogP contribution in [-0.4, -0.2) is 20.9 Å². The minimum Gasteiger partial charge on any atom is -0.460 e. The molecule has 0 aliphatic carbocycles. The Balaban J connectivity index is 1.23. The second-order valence-corrected chi connectivity index (χ2v) is 12.1. The molecule has 8 heteroatoms. The average molecular weight is 644 g/mol. The third kappa shape index (κ3) is 7.40. The van der Waals surface area contributed by atoms with Crippen molar-refractivity contribution in [3.63, 3.8) is 0 Å². The fourth-order valence-electron chi connectivity index (χ4n) is 5.64. The molecule has 0 aliphatic rings. The standard InChI is InChI=1S/C40H35F2N3O3/c1-24(25(2)37(46)17-4-26-5-18-38(43)45-22-26)3-15-34-20-31-19-30(21-35(40(31)48-34)27-6-11-32(41)12-7-27)36-16-10-29(23-44-36)39(47)28-8-13-33(42)14-9-28/h4-14,16-25,39,47H,3,15H2,1-2H3,(H2,43,45)/b17-4+/t24-,25-,39?/m1/s1. The highest BCUT2D eigenvalue weighted by atomic mass is 19.1. The molecule has 0 saturated heterocycles. The van der Waals surface area contributed by atoms with E-state index in [4.69, 9.17) is 10.2 Å². The van der Waals surface area contributed by atoms with Crippen LogP contribution in [-0.2, 0) is 11.2 Å². The van der Waals surface area contributed by atoms with Crippen molar-refractivity contribution in [2.75, 3.05) is 5.73 Å². The molecule has 242 valence electrons. The normalized spacial score (nSPS) is 13.5. The van der Waals surface area contributed by atoms with Crippen molar-refractivity contribution in [2.45, 2.75) is 32.8 Å². The van der Waals surface area contributed by atoms with Gasteiger partial charge in [-0.25, -0.2) is 13.8 Å². The lowest BCUT2D eigenvalue weighted by atomic mass is 9.87. The Labute approximate surface area is 277 Å². The van der Waals surface area contributed by atoms with Crippen molar-refractivity contribution in [3.8, 4) is 22.4 Å². The van der Waals surface area contributed by atoms with Crippen molar-refractivity contribution in [2.24, 2.45) is 11.8 Å². The number of rotatable bonds is 11. The molecule has 3 atom stereocenters. The Morgan fingerprint density at radius 3 is 2.23 bits per heavy atom. The number of aryl methyl sites for hydroxylation is 1. The highest BCUT2D eigenvalue weighted by molar-refractivity contribution is 5.97. The van der Waals surface area contributed by atoms with E-state index in [1.54, 1.807) is 60.9 Å². The summed E-state index contributed by atoms with van der Waals surface area (Å²) in [7, 11) is 0. The van der Waals surface area contributed by atoms with Gasteiger partial charge in [0.25, 0.3) is 0 Å². The van der Waals surface area contributed by atoms with E-state index < -0.39 is 6.10 Å². The second-order valence-electron chi connectivity index (χ2n) is 12.1. The maximum Gasteiger partial charge on any atom is 0.158 e. The Kier molecular flexibility index (Phi) is 9.55. The molecular weight excluding hydrogens is 608 g/mol. The first kappa shape index (κ1) is 32.5. The van der Waals surface area contributed by atoms with Crippen LogP contribution >= 0.6 is 0 Å². The predicted octanol–water partition coefficient (Wildman–Crippen LogP) is 8.99. The first-order valence-corrected chi connectivity index (χ1v) is 15.8. The highest BCUT2D eigenvalue weighted by Gasteiger charge is 2.20. The summed E-state index contributed by atoms with van der Waals surface area (Å²) in [5, 5.41) is 11.7. The van der Waals surface area contributed by atoms with E-state index in [2.05, 4.69) is 16.9 Å². The van der Waals surface area contributed by atoms with Crippen molar-refractivity contribution < 1.29 is 23.1 Å². The zero-order valence-electron chi connectivity index (χ0n) is 26.6. The van der Waals surface area contributed by atoms with Gasteiger partial charge in [-0.2, -0.15) is 0 Å². The van der Waals surface area contributed by atoms with Crippen molar-refractivity contribution in [1.82, 2.24) is 9.97 Å². The van der Waals surface area contributed by atoms with E-state index in [1.165, 1.54) is 24.3 Å². The summed E-state index contributed by atoms with van der Waals surface area (Å²) in [5.74, 6) is 0.454. The number of aliphatic hydroxyl groups excluding tert-OH is 1. The quantitative estimate of drug-likeness (QED) is 0.137. The van der Waals surface area contributed by atoms with Crippen LogP contribution in [0.25, 0.3) is 39.4 Å². The van der Waals surface area contributed by atoms with Crippen molar-refractivity contribution >= 4 is 28.6 Å². The number of furan rings is 1. The van der Waals surface area contributed by atoms with Gasteiger partial charge in [0.05, 0.1) is 5.69 Å². The number of pyridine rings is 2. The molecule has 6 nitrogen and oxygen atoms in total. The van der Waals surface area contributed by atoms with E-state index in [9.17, 15) is 18.7 Å². The molecule has 3 aromatic heterocycles. The molecule has 1 unspecified atom stereocenters. The Morgan fingerprint density at radius 1 is 0.854 bits per heavy atom. The summed E-state index contributed by atoms with van der Waals surface area (Å²) in [6.45, 7) is 4.00. The number of halogens is 2. The van der Waals surface area contributed by atoms with Gasteiger partial charge < -0.3 is 15.3 Å². The number of ketones is 1. The molecule has 0 radical (unpaired) electrons. The first-order valence-electron chi connectivity index (χ1n) is 15.8. The molecule has 6 aromatic rings. The summed E-state index contributed by atoms with van der Waals surface area (Å²) in [6.07, 6.45) is 7.01. The van der Waals surface area contributed by atoms with E-state index >= 15 is 0 Å². The summed E-state index contributed by atoms with van der Waals surface area (Å²) in [5.41, 5.74) is 11.4. The monoisotopic (exact) mass is 643 g/mol. The van der Waals surface area contributed by atoms with Crippen LogP contribution < -0.4 is 5.73 Å². The van der Waals surface area contributed by atoms with Gasteiger partial charge in [0.2, 0.25) is 0 Å². The number of allylic oxidation sites excluding steroid dienone is 1. The largest absolute Gasteiger partial charge is 0.460 e. The topological polar surface area (TPSA) is 102 Å². The van der Waals surface area contributed by atoms with E-state index in [-0.39, 0.29) is 29.3 Å². The summed E-state index contributed by atoms with van der Waals surface area (Å²) in [4.78, 5) is 21.6. The van der Waals surface area contributed by atoms with Gasteiger partial charge in [0, 0.05) is 46.8 Å². The number of aromatic nitrogens is 2. The Morgan fingerprint density at radius 2 is 1.56 bits per heavy atom. The van der Waals surface area contributed by atoms with E-state index in [1.807, 2.05) is 37.3 Å². The number of hydrogen-bond donors (Lipinski definition) is 2. The zero-order chi connectivity index (χ0) is 33.8. The SMILES string of the molecule is C[C@H](CCc1cc2cc(-c3ccc(C(O)c4ccc(F)cc4)cn3)cc(-c3ccc(F)cc3)c2o1)[C@@H](C)C(=O)/C=C/c1ccc(N)nc1. The summed E-state index contributed by atoms with van der Waals surface area (Å²) in [6, 6.07) is 25.1. The van der Waals surface area contributed by atoms with E-state index in [0.29, 0.717) is 34.6 Å². The molecule has 0 aliphatic heterocycles. The lowest BCUT2D eigenvalue weighted by Gasteiger charge is -2.16. The average Bonchev–Trinajstić information content (AvgIpc) is 3.53. The predicted molar refractivity (Wildman–Crippen MR) is 185 cm³/mol. The maximum atomic E-state index is 13.8. The molecular formula is C40H35F2N3O3.